The molecule has 2 N–H and O–H groups in total. The molecule has 0 radical (unpaired) electrons. The third kappa shape index (κ3) is 6.88. The fraction of sp³-hybridized carbons (Fsp3) is 1.00. The minimum atomic E-state index is 0.588. The molecule has 0 aromatic carbocycles. The summed E-state index contributed by atoms with van der Waals surface area (Å²) in [6.07, 6.45) is 3.55. The summed E-state index contributed by atoms with van der Waals surface area (Å²) in [6.45, 7) is 11.0. The molecule has 2 atom stereocenters. The van der Waals surface area contributed by atoms with Gasteiger partial charge in [-0.25, -0.2) is 5.01 Å². The summed E-state index contributed by atoms with van der Waals surface area (Å²) in [5.74, 6) is 0. The third-order valence-corrected chi connectivity index (χ3v) is 2.94. The quantitative estimate of drug-likeness (QED) is 0.576. The molecule has 0 aliphatic rings. The molecule has 0 spiro atoms. The molecule has 0 aliphatic heterocycles. The van der Waals surface area contributed by atoms with Crippen molar-refractivity contribution in [3.63, 3.8) is 0 Å². The molecule has 0 aromatic rings. The van der Waals surface area contributed by atoms with Crippen LogP contribution in [0.25, 0.3) is 0 Å². The fourth-order valence-corrected chi connectivity index (χ4v) is 1.45. The Morgan fingerprint density at radius 1 is 1.13 bits per heavy atom. The van der Waals surface area contributed by atoms with Crippen LogP contribution in [-0.2, 0) is 0 Å². The Kier molecular flexibility index (Phi) is 9.06. The molecule has 0 saturated carbocycles. The van der Waals surface area contributed by atoms with Crippen LogP contribution in [0.15, 0.2) is 0 Å². The molecular formula is C12H29N3. The van der Waals surface area contributed by atoms with E-state index in [0.717, 1.165) is 13.1 Å². The van der Waals surface area contributed by atoms with Gasteiger partial charge in [-0.05, 0) is 26.2 Å². The predicted molar refractivity (Wildman–Crippen MR) is 67.9 cm³/mol. The summed E-state index contributed by atoms with van der Waals surface area (Å²) in [5, 5.41) is 5.81. The van der Waals surface area contributed by atoms with Crippen molar-refractivity contribution in [2.75, 3.05) is 20.1 Å². The van der Waals surface area contributed by atoms with Gasteiger partial charge in [-0.15, -0.1) is 0 Å². The lowest BCUT2D eigenvalue weighted by Crippen LogP contribution is -2.48. The maximum absolute atomic E-state index is 3.56. The van der Waals surface area contributed by atoms with Crippen LogP contribution in [0.5, 0.6) is 0 Å². The van der Waals surface area contributed by atoms with Crippen molar-refractivity contribution < 1.29 is 0 Å². The Bertz CT molecular complexity index is 139. The zero-order valence-corrected chi connectivity index (χ0v) is 11.1. The van der Waals surface area contributed by atoms with Crippen LogP contribution in [0.3, 0.4) is 0 Å². The van der Waals surface area contributed by atoms with Crippen LogP contribution in [0.2, 0.25) is 0 Å². The van der Waals surface area contributed by atoms with Crippen LogP contribution in [-0.4, -0.2) is 37.2 Å². The molecule has 0 heterocycles. The second-order valence-corrected chi connectivity index (χ2v) is 4.30. The van der Waals surface area contributed by atoms with Crippen LogP contribution >= 0.6 is 0 Å². The Balaban J connectivity index is 3.79. The largest absolute Gasteiger partial charge is 0.313 e. The third-order valence-electron chi connectivity index (χ3n) is 2.94. The van der Waals surface area contributed by atoms with Gasteiger partial charge in [0.2, 0.25) is 0 Å². The number of hydrogen-bond donors (Lipinski definition) is 2. The lowest BCUT2D eigenvalue weighted by molar-refractivity contribution is 0.153. The van der Waals surface area contributed by atoms with Gasteiger partial charge in [0.05, 0.1) is 0 Å². The van der Waals surface area contributed by atoms with Gasteiger partial charge < -0.3 is 5.32 Å². The average Bonchev–Trinajstić information content (AvgIpc) is 2.26. The van der Waals surface area contributed by atoms with E-state index in [1.165, 1.54) is 19.3 Å². The van der Waals surface area contributed by atoms with Crippen LogP contribution in [0.4, 0.5) is 0 Å². The first-order chi connectivity index (χ1) is 7.15. The first-order valence-corrected chi connectivity index (χ1v) is 6.35. The SMILES string of the molecule is CCCNN(C)C(CC)CNC(C)CC. The fourth-order valence-electron chi connectivity index (χ4n) is 1.45. The topological polar surface area (TPSA) is 27.3 Å². The summed E-state index contributed by atoms with van der Waals surface area (Å²) < 4.78 is 0. The van der Waals surface area contributed by atoms with Gasteiger partial charge >= 0.3 is 0 Å². The molecule has 0 amide bonds. The second kappa shape index (κ2) is 9.13. The first-order valence-electron chi connectivity index (χ1n) is 6.35. The average molecular weight is 215 g/mol. The molecule has 3 heteroatoms. The van der Waals surface area contributed by atoms with Crippen LogP contribution < -0.4 is 10.7 Å². The van der Waals surface area contributed by atoms with Gasteiger partial charge in [0.25, 0.3) is 0 Å². The van der Waals surface area contributed by atoms with E-state index in [1.807, 2.05) is 0 Å². The van der Waals surface area contributed by atoms with E-state index < -0.39 is 0 Å². The summed E-state index contributed by atoms with van der Waals surface area (Å²) in [7, 11) is 2.14. The Hall–Kier alpha value is -0.120. The van der Waals surface area contributed by atoms with E-state index in [9.17, 15) is 0 Å². The van der Waals surface area contributed by atoms with Gasteiger partial charge in [0.1, 0.15) is 0 Å². The normalized spacial score (nSPS) is 15.6. The van der Waals surface area contributed by atoms with Gasteiger partial charge in [0.15, 0.2) is 0 Å². The highest BCUT2D eigenvalue weighted by Gasteiger charge is 2.12. The maximum Gasteiger partial charge on any atom is 0.0362 e. The van der Waals surface area contributed by atoms with Gasteiger partial charge in [0, 0.05) is 32.2 Å². The number of rotatable bonds is 9. The predicted octanol–water partition coefficient (Wildman–Crippen LogP) is 2.00. The zero-order valence-electron chi connectivity index (χ0n) is 11.1. The van der Waals surface area contributed by atoms with Crippen molar-refractivity contribution in [2.45, 2.75) is 59.0 Å². The molecule has 0 bridgehead atoms. The number of likely N-dealkylation sites (N-methyl/N-ethyl adjacent to an activating group) is 1. The smallest absolute Gasteiger partial charge is 0.0362 e. The Morgan fingerprint density at radius 2 is 1.80 bits per heavy atom. The monoisotopic (exact) mass is 215 g/mol. The molecule has 92 valence electrons. The van der Waals surface area contributed by atoms with Gasteiger partial charge in [-0.3, -0.25) is 5.43 Å². The Morgan fingerprint density at radius 3 is 2.27 bits per heavy atom. The lowest BCUT2D eigenvalue weighted by atomic mass is 10.2. The molecule has 0 rings (SSSR count). The van der Waals surface area contributed by atoms with E-state index in [4.69, 9.17) is 0 Å². The van der Waals surface area contributed by atoms with E-state index in [0.29, 0.717) is 12.1 Å². The highest BCUT2D eigenvalue weighted by molar-refractivity contribution is 4.69. The standard InChI is InChI=1S/C12H29N3/c1-6-9-14-15(5)12(8-3)10-13-11(4)7-2/h11-14H,6-10H2,1-5H3. The van der Waals surface area contributed by atoms with Crippen molar-refractivity contribution in [1.29, 1.82) is 0 Å². The molecule has 3 nitrogen and oxygen atoms in total. The zero-order chi connectivity index (χ0) is 11.7. The highest BCUT2D eigenvalue weighted by Crippen LogP contribution is 1.99. The number of nitrogens with zero attached hydrogens (tertiary/aromatic N) is 1. The summed E-state index contributed by atoms with van der Waals surface area (Å²) in [4.78, 5) is 0. The van der Waals surface area contributed by atoms with Gasteiger partial charge in [-0.2, -0.15) is 0 Å². The number of hydrogen-bond acceptors (Lipinski definition) is 3. The second-order valence-electron chi connectivity index (χ2n) is 4.30. The molecular weight excluding hydrogens is 186 g/mol. The summed E-state index contributed by atoms with van der Waals surface area (Å²) in [6, 6.07) is 1.21. The molecule has 0 aliphatic carbocycles. The van der Waals surface area contributed by atoms with Crippen molar-refractivity contribution in [3.05, 3.63) is 0 Å². The van der Waals surface area contributed by atoms with Crippen LogP contribution in [0.1, 0.15) is 47.0 Å². The highest BCUT2D eigenvalue weighted by atomic mass is 15.5. The number of hydrazine groups is 1. The van der Waals surface area contributed by atoms with E-state index in [1.54, 1.807) is 0 Å². The summed E-state index contributed by atoms with van der Waals surface area (Å²) >= 11 is 0. The van der Waals surface area contributed by atoms with E-state index in [2.05, 4.69) is 50.5 Å². The molecule has 0 saturated heterocycles. The van der Waals surface area contributed by atoms with Crippen molar-refractivity contribution in [2.24, 2.45) is 0 Å². The number of nitrogens with one attached hydrogen (secondary N) is 2. The lowest BCUT2D eigenvalue weighted by Gasteiger charge is -2.29. The van der Waals surface area contributed by atoms with Crippen molar-refractivity contribution >= 4 is 0 Å². The molecule has 0 aromatic heterocycles. The van der Waals surface area contributed by atoms with E-state index >= 15 is 0 Å². The van der Waals surface area contributed by atoms with E-state index in [-0.39, 0.29) is 0 Å². The van der Waals surface area contributed by atoms with Crippen molar-refractivity contribution in [3.8, 4) is 0 Å². The molecule has 0 fully saturated rings. The van der Waals surface area contributed by atoms with Crippen molar-refractivity contribution in [1.82, 2.24) is 15.8 Å². The minimum Gasteiger partial charge on any atom is -0.313 e. The minimum absolute atomic E-state index is 0.588. The van der Waals surface area contributed by atoms with Gasteiger partial charge in [-0.1, -0.05) is 20.8 Å². The maximum atomic E-state index is 3.56. The molecule has 2 unspecified atom stereocenters. The Labute approximate surface area is 95.6 Å². The molecule has 15 heavy (non-hydrogen) atoms. The summed E-state index contributed by atoms with van der Waals surface area (Å²) in [5.41, 5.74) is 3.42. The first kappa shape index (κ1) is 14.9. The van der Waals surface area contributed by atoms with Crippen LogP contribution in [0, 0.1) is 0 Å².